The number of rotatable bonds is 10. The lowest BCUT2D eigenvalue weighted by atomic mass is 9.81. The summed E-state index contributed by atoms with van der Waals surface area (Å²) in [7, 11) is 8.81. The second kappa shape index (κ2) is 33.9. The van der Waals surface area contributed by atoms with Crippen LogP contribution in [-0.4, -0.2) is 231 Å². The molecule has 2 saturated heterocycles. The Morgan fingerprint density at radius 2 is 1.38 bits per heavy atom. The standard InChI is InChI=1S/C70H96ClF3IN11O11/c1-12-14-23-52-60(89)77-58(42(3)13-2)66(95)81(8)44(5)62(91)86-37-33-54(86)65(94)83(10)55(40-46-25-29-48(75)30-26-46)64(93)79(6)41-56(87)76-51(32-28-45-27-31-49(50(71)39-45)70(72,73)74)63(92)85-36-20-24-53(85)61(90)78-69(34-18-19-35-69)68(97)84(11)59(47-21-16-15-17-22-47)67(96)80(7)43(4)38-57(88)82(52)9/h1,25-27,29-31,39,42-44,47,51-55,59,66,95H,13-24,28,32-38,40-41H2,2-11H3,(H,76,87)(H,78,90)/t42-,43+,44-,51-,52-,53-,54?,55-,59-,66?/m0/s1. The van der Waals surface area contributed by atoms with E-state index in [1.165, 1.54) is 75.5 Å². The van der Waals surface area contributed by atoms with Gasteiger partial charge in [-0.15, -0.1) is 12.3 Å². The first-order valence-corrected chi connectivity index (χ1v) is 35.3. The third-order valence-corrected chi connectivity index (χ3v) is 21.8. The van der Waals surface area contributed by atoms with E-state index in [1.807, 2.05) is 19.1 Å². The van der Waals surface area contributed by atoms with Crippen LogP contribution in [0.5, 0.6) is 0 Å². The van der Waals surface area contributed by atoms with Crippen molar-refractivity contribution in [3.05, 3.63) is 67.7 Å². The van der Waals surface area contributed by atoms with E-state index in [2.05, 4.69) is 44.1 Å². The van der Waals surface area contributed by atoms with E-state index in [0.717, 1.165) is 39.9 Å². The maximum atomic E-state index is 15.5. The highest BCUT2D eigenvalue weighted by atomic mass is 127. The number of amides is 10. The molecule has 532 valence electrons. The smallest absolute Gasteiger partial charge is 0.373 e. The van der Waals surface area contributed by atoms with Gasteiger partial charge < -0.3 is 50.0 Å². The van der Waals surface area contributed by atoms with Gasteiger partial charge in [-0.2, -0.15) is 13.2 Å². The number of aryl methyl sites for hydroxylation is 1. The number of benzene rings is 2. The number of nitrogens with one attached hydrogen (secondary N) is 2. The topological polar surface area (TPSA) is 253 Å². The van der Waals surface area contributed by atoms with Gasteiger partial charge in [0, 0.05) is 77.2 Å². The molecule has 10 atom stereocenters. The number of alkyl halides is 3. The Morgan fingerprint density at radius 1 is 0.742 bits per heavy atom. The molecular formula is C70H96ClF3IN11O11. The molecule has 0 aromatic heterocycles. The van der Waals surface area contributed by atoms with Gasteiger partial charge in [0.1, 0.15) is 48.0 Å². The summed E-state index contributed by atoms with van der Waals surface area (Å²) in [6.45, 7) is 6.36. The van der Waals surface area contributed by atoms with Gasteiger partial charge in [-0.3, -0.25) is 52.8 Å². The van der Waals surface area contributed by atoms with Crippen LogP contribution in [0.3, 0.4) is 0 Å². The number of nitrogens with zero attached hydrogens (tertiary/aromatic N) is 9. The van der Waals surface area contributed by atoms with Crippen molar-refractivity contribution in [1.82, 2.24) is 49.8 Å². The molecule has 2 saturated carbocycles. The van der Waals surface area contributed by atoms with Crippen LogP contribution in [0.1, 0.15) is 154 Å². The molecule has 2 unspecified atom stereocenters. The Bertz CT molecular complexity index is 3300. The van der Waals surface area contributed by atoms with Gasteiger partial charge in [0.15, 0.2) is 0 Å². The summed E-state index contributed by atoms with van der Waals surface area (Å²) in [6, 6.07) is 1.36. The summed E-state index contributed by atoms with van der Waals surface area (Å²) in [5, 5.41) is 17.4. The predicted molar refractivity (Wildman–Crippen MR) is 368 cm³/mol. The number of carbonyl (C=O) groups excluding carboxylic acids is 10. The summed E-state index contributed by atoms with van der Waals surface area (Å²) >= 11 is 8.28. The first-order chi connectivity index (χ1) is 45.8. The highest BCUT2D eigenvalue weighted by Gasteiger charge is 2.51. The average Bonchev–Trinajstić information content (AvgIpc) is 0.847. The monoisotopic (exact) mass is 1490 g/mol. The molecule has 2 aliphatic carbocycles. The molecule has 3 heterocycles. The maximum absolute atomic E-state index is 15.5. The molecule has 0 bridgehead atoms. The number of aliphatic hydroxyl groups excluding tert-OH is 1. The summed E-state index contributed by atoms with van der Waals surface area (Å²) in [5.41, 5.74) is -1.60. The number of halogens is 5. The fourth-order valence-electron chi connectivity index (χ4n) is 14.1. The van der Waals surface area contributed by atoms with Crippen molar-refractivity contribution in [2.24, 2.45) is 16.8 Å². The van der Waals surface area contributed by atoms with Crippen molar-refractivity contribution in [2.75, 3.05) is 61.9 Å². The van der Waals surface area contributed by atoms with E-state index >= 15 is 19.2 Å². The molecule has 27 heteroatoms. The fourth-order valence-corrected chi connectivity index (χ4v) is 14.8. The van der Waals surface area contributed by atoms with Gasteiger partial charge in [-0.1, -0.05) is 75.8 Å². The molecule has 2 aromatic rings. The first-order valence-electron chi connectivity index (χ1n) is 33.9. The Morgan fingerprint density at radius 3 is 1.98 bits per heavy atom. The zero-order valence-electron chi connectivity index (χ0n) is 57.5. The summed E-state index contributed by atoms with van der Waals surface area (Å²) in [4.78, 5) is 164. The van der Waals surface area contributed by atoms with Crippen LogP contribution in [0.4, 0.5) is 13.2 Å². The summed E-state index contributed by atoms with van der Waals surface area (Å²) in [5.74, 6) is -4.54. The van der Waals surface area contributed by atoms with E-state index in [1.54, 1.807) is 40.1 Å². The third kappa shape index (κ3) is 18.4. The first kappa shape index (κ1) is 77.6. The Balaban J connectivity index is 1.28. The SMILES string of the molecule is C#CCC[C@H]1C(=O)N=C([C@@H](C)CC)C(O)N(C)[C@@H](C)C(=O)N2CCC2C(=O)N(C)[C@@H](Cc2ccc(I)cc2)C(=O)N(C)CC(=O)N[C@@H](CCc2ccc(C(F)(F)F)c(Cl)c2)C(=O)N2CCC[C@H]2C(=O)NC2(CCCC2)C(=O)N(C)[C@@H](C2CCCCC2)C(=O)N(C)[C@H](C)CC(=O)N1C. The minimum Gasteiger partial charge on any atom is -0.373 e. The minimum atomic E-state index is -4.76. The number of terminal acetylenes is 1. The molecule has 22 nitrogen and oxygen atoms in total. The van der Waals surface area contributed by atoms with Gasteiger partial charge in [0.2, 0.25) is 53.2 Å². The van der Waals surface area contributed by atoms with Crippen LogP contribution in [0, 0.1) is 27.7 Å². The normalized spacial score (nSPS) is 27.3. The van der Waals surface area contributed by atoms with Crippen molar-refractivity contribution in [3.8, 4) is 12.3 Å². The maximum Gasteiger partial charge on any atom is 0.417 e. The van der Waals surface area contributed by atoms with E-state index in [9.17, 15) is 47.0 Å². The van der Waals surface area contributed by atoms with Gasteiger partial charge in [0.25, 0.3) is 5.91 Å². The fraction of sp³-hybridized carbons (Fsp3) is 0.643. The van der Waals surface area contributed by atoms with E-state index in [-0.39, 0.29) is 88.9 Å². The number of aliphatic imine (C=N–C) groups is 1. The summed E-state index contributed by atoms with van der Waals surface area (Å²) in [6.07, 6.45) is 5.25. The highest BCUT2D eigenvalue weighted by molar-refractivity contribution is 14.1. The molecular weight excluding hydrogens is 1390 g/mol. The molecule has 2 aromatic carbocycles. The Kier molecular flexibility index (Phi) is 27.1. The van der Waals surface area contributed by atoms with Gasteiger partial charge in [-0.05, 0) is 161 Å². The number of likely N-dealkylation sites (N-methyl/N-ethyl adjacent to an activating group) is 6. The number of hydrogen-bond donors (Lipinski definition) is 3. The van der Waals surface area contributed by atoms with E-state index in [0.29, 0.717) is 49.7 Å². The quantitative estimate of drug-likeness (QED) is 0.171. The number of fused-ring (bicyclic) bond motifs is 2. The van der Waals surface area contributed by atoms with Crippen molar-refractivity contribution >= 4 is 99.0 Å². The van der Waals surface area contributed by atoms with Crippen LogP contribution < -0.4 is 10.6 Å². The highest BCUT2D eigenvalue weighted by Crippen LogP contribution is 2.38. The zero-order chi connectivity index (χ0) is 71.5. The molecule has 4 fully saturated rings. The van der Waals surface area contributed by atoms with Crippen molar-refractivity contribution in [1.29, 1.82) is 0 Å². The molecule has 1 spiro atoms. The van der Waals surface area contributed by atoms with Gasteiger partial charge in [0.05, 0.1) is 28.9 Å². The van der Waals surface area contributed by atoms with Crippen LogP contribution in [0.2, 0.25) is 5.02 Å². The molecule has 97 heavy (non-hydrogen) atoms. The van der Waals surface area contributed by atoms with Crippen LogP contribution >= 0.6 is 34.2 Å². The number of aliphatic hydroxyl groups is 1. The molecule has 0 radical (unpaired) electrons. The lowest BCUT2D eigenvalue weighted by Gasteiger charge is -2.45. The van der Waals surface area contributed by atoms with Crippen LogP contribution in [-0.2, 0) is 67.0 Å². The lowest BCUT2D eigenvalue weighted by Crippen LogP contribution is -2.65. The number of hydrogen-bond acceptors (Lipinski definition) is 12. The molecule has 5 aliphatic rings. The second-order valence-electron chi connectivity index (χ2n) is 27.2. The minimum absolute atomic E-state index is 0.00424. The van der Waals surface area contributed by atoms with Crippen molar-refractivity contribution < 1.29 is 66.2 Å². The van der Waals surface area contributed by atoms with Crippen LogP contribution in [0.25, 0.3) is 0 Å². The lowest BCUT2D eigenvalue weighted by molar-refractivity contribution is -0.159. The zero-order valence-corrected chi connectivity index (χ0v) is 60.4. The Labute approximate surface area is 586 Å². The molecule has 7 rings (SSSR count). The number of carbonyl (C=O) groups is 10. The largest absolute Gasteiger partial charge is 0.417 e. The second-order valence-corrected chi connectivity index (χ2v) is 28.8. The van der Waals surface area contributed by atoms with Crippen LogP contribution in [0.15, 0.2) is 47.5 Å². The van der Waals surface area contributed by atoms with Gasteiger partial charge in [-0.25, -0.2) is 4.99 Å². The third-order valence-electron chi connectivity index (χ3n) is 20.8. The van der Waals surface area contributed by atoms with E-state index in [4.69, 9.17) is 18.0 Å². The van der Waals surface area contributed by atoms with Crippen molar-refractivity contribution in [3.63, 3.8) is 0 Å². The van der Waals surface area contributed by atoms with Crippen molar-refractivity contribution in [2.45, 2.75) is 216 Å². The predicted octanol–water partition coefficient (Wildman–Crippen LogP) is 6.48. The van der Waals surface area contributed by atoms with E-state index < -0.39 is 148 Å². The summed E-state index contributed by atoms with van der Waals surface area (Å²) < 4.78 is 42.5. The van der Waals surface area contributed by atoms with Gasteiger partial charge >= 0.3 is 6.18 Å². The molecule has 10 amide bonds. The Hall–Kier alpha value is -6.70. The average molecular weight is 1490 g/mol. The molecule has 3 N–H and O–H groups in total. The molecule has 3 aliphatic heterocycles.